The summed E-state index contributed by atoms with van der Waals surface area (Å²) >= 11 is 0. The van der Waals surface area contributed by atoms with Crippen LogP contribution in [0.15, 0.2) is 218 Å². The number of hydrogen-bond acceptors (Lipinski definition) is 1. The van der Waals surface area contributed by atoms with Crippen LogP contribution in [0.1, 0.15) is 12.8 Å². The van der Waals surface area contributed by atoms with Crippen molar-refractivity contribution in [2.45, 2.75) is 12.8 Å². The smallest absolute Gasteiger partial charge is 0.170 e. The monoisotopic (exact) mass is 734 g/mol. The van der Waals surface area contributed by atoms with Gasteiger partial charge >= 0.3 is 0 Å². The highest BCUT2D eigenvalue weighted by Gasteiger charge is 2.31. The molecule has 0 bridgehead atoms. The predicted octanol–water partition coefficient (Wildman–Crippen LogP) is 14.4. The van der Waals surface area contributed by atoms with E-state index in [0.717, 1.165) is 39.9 Å². The molecular weight excluding hydrogens is 696 g/mol. The first-order valence-corrected chi connectivity index (χ1v) is 21.1. The minimum Gasteiger partial charge on any atom is -0.309 e. The van der Waals surface area contributed by atoms with Gasteiger partial charge in [0.05, 0.1) is 0 Å². The highest BCUT2D eigenvalue weighted by atomic mass is 31.2. The Morgan fingerprint density at radius 3 is 1.59 bits per heavy atom. The van der Waals surface area contributed by atoms with Crippen LogP contribution in [0.5, 0.6) is 0 Å². The van der Waals surface area contributed by atoms with E-state index in [1.165, 1.54) is 65.7 Å². The third-order valence-corrected chi connectivity index (χ3v) is 14.5. The molecule has 56 heavy (non-hydrogen) atoms. The molecule has 0 N–H and O–H groups in total. The zero-order chi connectivity index (χ0) is 37.5. The summed E-state index contributed by atoms with van der Waals surface area (Å²) in [6.45, 7) is 0. The fourth-order valence-corrected chi connectivity index (χ4v) is 11.3. The molecule has 9 aromatic carbocycles. The van der Waals surface area contributed by atoms with Gasteiger partial charge in [0.25, 0.3) is 0 Å². The molecule has 0 radical (unpaired) electrons. The Balaban J connectivity index is 1.17. The minimum absolute atomic E-state index is 0.857. The third kappa shape index (κ3) is 5.93. The van der Waals surface area contributed by atoms with Crippen molar-refractivity contribution in [2.75, 3.05) is 0 Å². The highest BCUT2D eigenvalue weighted by molar-refractivity contribution is 7.82. The molecule has 1 aliphatic carbocycles. The van der Waals surface area contributed by atoms with Crippen molar-refractivity contribution in [2.24, 2.45) is 0 Å². The van der Waals surface area contributed by atoms with E-state index in [2.05, 4.69) is 182 Å². The molecular formula is C54H39OP. The first-order chi connectivity index (χ1) is 27.6. The molecule has 9 aromatic rings. The number of allylic oxidation sites excluding steroid dienone is 4. The average molecular weight is 735 g/mol. The molecule has 2 heteroatoms. The quantitative estimate of drug-likeness (QED) is 0.118. The number of fused-ring (bicyclic) bond motifs is 3. The van der Waals surface area contributed by atoms with Crippen molar-refractivity contribution in [3.63, 3.8) is 0 Å². The molecule has 266 valence electrons. The van der Waals surface area contributed by atoms with Gasteiger partial charge in [-0.25, -0.2) is 0 Å². The topological polar surface area (TPSA) is 17.1 Å². The van der Waals surface area contributed by atoms with Crippen LogP contribution in [-0.4, -0.2) is 0 Å². The Kier molecular flexibility index (Phi) is 8.67. The van der Waals surface area contributed by atoms with E-state index in [0.29, 0.717) is 0 Å². The lowest BCUT2D eigenvalue weighted by Gasteiger charge is -2.23. The summed E-state index contributed by atoms with van der Waals surface area (Å²) in [5.41, 5.74) is 9.48. The summed E-state index contributed by atoms with van der Waals surface area (Å²) in [6.07, 6.45) is 8.27. The van der Waals surface area contributed by atoms with E-state index in [1.54, 1.807) is 0 Å². The molecule has 0 amide bonds. The van der Waals surface area contributed by atoms with Gasteiger partial charge in [-0.2, -0.15) is 0 Å². The first-order valence-electron chi connectivity index (χ1n) is 19.4. The molecule has 1 nitrogen and oxygen atoms in total. The zero-order valence-electron chi connectivity index (χ0n) is 31.0. The lowest BCUT2D eigenvalue weighted by Crippen LogP contribution is -2.17. The second-order valence-corrected chi connectivity index (χ2v) is 17.4. The van der Waals surface area contributed by atoms with E-state index >= 15 is 4.57 Å². The molecule has 0 saturated heterocycles. The molecule has 0 heterocycles. The lowest BCUT2D eigenvalue weighted by molar-refractivity contribution is 0.591. The van der Waals surface area contributed by atoms with Gasteiger partial charge in [0.2, 0.25) is 0 Å². The van der Waals surface area contributed by atoms with E-state index in [-0.39, 0.29) is 0 Å². The number of benzene rings is 9. The van der Waals surface area contributed by atoms with Crippen LogP contribution < -0.4 is 10.6 Å². The maximum absolute atomic E-state index is 15.2. The van der Waals surface area contributed by atoms with Crippen LogP contribution in [0.3, 0.4) is 0 Å². The van der Waals surface area contributed by atoms with E-state index in [9.17, 15) is 0 Å². The maximum Gasteiger partial charge on any atom is 0.170 e. The van der Waals surface area contributed by atoms with Gasteiger partial charge in [0.1, 0.15) is 0 Å². The van der Waals surface area contributed by atoms with Gasteiger partial charge in [-0.3, -0.25) is 0 Å². The molecule has 0 aliphatic heterocycles. The van der Waals surface area contributed by atoms with Crippen molar-refractivity contribution >= 4 is 50.1 Å². The van der Waals surface area contributed by atoms with Gasteiger partial charge < -0.3 is 4.57 Å². The third-order valence-electron chi connectivity index (χ3n) is 11.4. The number of rotatable bonds is 7. The summed E-state index contributed by atoms with van der Waals surface area (Å²) in [5.74, 6) is 0. The first kappa shape index (κ1) is 34.0. The highest BCUT2D eigenvalue weighted by Crippen LogP contribution is 2.53. The van der Waals surface area contributed by atoms with Gasteiger partial charge in [0.15, 0.2) is 7.14 Å². The van der Waals surface area contributed by atoms with Crippen LogP contribution in [0.2, 0.25) is 0 Å². The SMILES string of the molecule is O=P(C1=CCCC=C1)(c1ccccc1)c1ccc(-c2ccc3c(-c4ccc(-c5ccccc5)cc4)c4ccccc4c(-c4ccc5ccccc5c4)c3c2)cc1. The normalized spacial score (nSPS) is 13.8. The van der Waals surface area contributed by atoms with E-state index in [4.69, 9.17) is 0 Å². The van der Waals surface area contributed by atoms with Gasteiger partial charge in [-0.1, -0.05) is 200 Å². The van der Waals surface area contributed by atoms with Crippen LogP contribution in [0.4, 0.5) is 0 Å². The summed E-state index contributed by atoms with van der Waals surface area (Å²) in [5, 5.41) is 9.97. The van der Waals surface area contributed by atoms with Crippen LogP contribution in [0, 0.1) is 0 Å². The minimum atomic E-state index is -3.04. The lowest BCUT2D eigenvalue weighted by atomic mass is 9.84. The van der Waals surface area contributed by atoms with Crippen molar-refractivity contribution in [1.29, 1.82) is 0 Å². The van der Waals surface area contributed by atoms with Crippen LogP contribution >= 0.6 is 7.14 Å². The Bertz CT molecular complexity index is 3010. The van der Waals surface area contributed by atoms with Crippen LogP contribution in [-0.2, 0) is 4.57 Å². The Labute approximate surface area is 328 Å². The van der Waals surface area contributed by atoms with Gasteiger partial charge in [-0.05, 0) is 102 Å². The zero-order valence-corrected chi connectivity index (χ0v) is 31.9. The number of hydrogen-bond donors (Lipinski definition) is 0. The second kappa shape index (κ2) is 14.3. The predicted molar refractivity (Wildman–Crippen MR) is 240 cm³/mol. The molecule has 1 atom stereocenters. The Hall–Kier alpha value is -6.53. The van der Waals surface area contributed by atoms with Crippen molar-refractivity contribution in [3.05, 3.63) is 218 Å². The maximum atomic E-state index is 15.2. The summed E-state index contributed by atoms with van der Waals surface area (Å²) < 4.78 is 15.2. The summed E-state index contributed by atoms with van der Waals surface area (Å²) in [7, 11) is -3.04. The van der Waals surface area contributed by atoms with Gasteiger partial charge in [-0.15, -0.1) is 0 Å². The average Bonchev–Trinajstić information content (AvgIpc) is 3.28. The summed E-state index contributed by atoms with van der Waals surface area (Å²) in [6, 6.07) is 69.3. The van der Waals surface area contributed by atoms with Crippen LogP contribution in [0.25, 0.3) is 76.8 Å². The molecule has 0 aromatic heterocycles. The molecule has 0 fully saturated rings. The Morgan fingerprint density at radius 2 is 0.875 bits per heavy atom. The largest absolute Gasteiger partial charge is 0.309 e. The Morgan fingerprint density at radius 1 is 0.357 bits per heavy atom. The molecule has 0 spiro atoms. The second-order valence-electron chi connectivity index (χ2n) is 14.7. The fraction of sp³-hybridized carbons (Fsp3) is 0.0370. The van der Waals surface area contributed by atoms with Crippen molar-refractivity contribution in [3.8, 4) is 44.5 Å². The van der Waals surface area contributed by atoms with Crippen molar-refractivity contribution in [1.82, 2.24) is 0 Å². The van der Waals surface area contributed by atoms with E-state index < -0.39 is 7.14 Å². The molecule has 1 aliphatic rings. The molecule has 0 saturated carbocycles. The summed E-state index contributed by atoms with van der Waals surface area (Å²) in [4.78, 5) is 0. The standard InChI is InChI=1S/C54H39OP/c55-56(46-18-6-2-7-19-46,47-20-8-3-9-21-47)48-33-30-41(31-34-48)44-32-35-51-52(37-44)54(45-29-26-39-16-10-11-17-43(39)36-45)50-23-13-12-22-49(50)53(51)42-27-24-40(25-28-42)38-14-4-1-5-15-38/h1-2,4-8,10-37H,3,9H2. The fourth-order valence-electron chi connectivity index (χ4n) is 8.57. The molecule has 1 unspecified atom stereocenters. The van der Waals surface area contributed by atoms with Crippen molar-refractivity contribution < 1.29 is 4.57 Å². The molecule has 10 rings (SSSR count). The van der Waals surface area contributed by atoms with Gasteiger partial charge in [0, 0.05) is 15.9 Å². The van der Waals surface area contributed by atoms with E-state index in [1.807, 2.05) is 30.3 Å².